The second-order valence-electron chi connectivity index (χ2n) is 6.20. The number of carboxylic acid groups (broad SMARTS) is 1. The van der Waals surface area contributed by atoms with Crippen molar-refractivity contribution in [3.63, 3.8) is 0 Å². The van der Waals surface area contributed by atoms with E-state index in [4.69, 9.17) is 0 Å². The van der Waals surface area contributed by atoms with Crippen molar-refractivity contribution in [2.45, 2.75) is 11.7 Å². The van der Waals surface area contributed by atoms with Gasteiger partial charge in [0.15, 0.2) is 10.9 Å². The molecule has 1 fully saturated rings. The summed E-state index contributed by atoms with van der Waals surface area (Å²) in [5.41, 5.74) is 1.67. The van der Waals surface area contributed by atoms with Gasteiger partial charge in [-0.25, -0.2) is 0 Å². The second-order valence-corrected chi connectivity index (χ2v) is 7.37. The van der Waals surface area contributed by atoms with Gasteiger partial charge in [0, 0.05) is 18.0 Å². The molecule has 4 rings (SSSR count). The first-order valence-electron chi connectivity index (χ1n) is 8.50. The SMILES string of the molecule is O=C([O-])C[C@@H]1S/C(=N\N=C2/C(=O)Nc3ccccc32)N(c2ccc(O)cc2)C1=O. The fourth-order valence-electron chi connectivity index (χ4n) is 2.95. The van der Waals surface area contributed by atoms with Gasteiger partial charge in [0.25, 0.3) is 5.91 Å². The van der Waals surface area contributed by atoms with E-state index in [1.165, 1.54) is 29.2 Å². The number of hydrogen-bond acceptors (Lipinski definition) is 8. The molecular formula is C19H13N4O5S-. The summed E-state index contributed by atoms with van der Waals surface area (Å²) < 4.78 is 0. The van der Waals surface area contributed by atoms with Crippen molar-refractivity contribution in [2.24, 2.45) is 10.2 Å². The van der Waals surface area contributed by atoms with Crippen LogP contribution in [0.2, 0.25) is 0 Å². The lowest BCUT2D eigenvalue weighted by Crippen LogP contribution is -2.35. The molecule has 2 N–H and O–H groups in total. The molecule has 2 aliphatic rings. The van der Waals surface area contributed by atoms with Crippen molar-refractivity contribution < 1.29 is 24.6 Å². The van der Waals surface area contributed by atoms with Crippen molar-refractivity contribution in [3.8, 4) is 5.75 Å². The van der Waals surface area contributed by atoms with Gasteiger partial charge in [0.05, 0.1) is 16.6 Å². The van der Waals surface area contributed by atoms with Gasteiger partial charge in [-0.15, -0.1) is 10.2 Å². The number of fused-ring (bicyclic) bond motifs is 1. The Hall–Kier alpha value is -3.66. The van der Waals surface area contributed by atoms with Crippen LogP contribution < -0.4 is 15.3 Å². The van der Waals surface area contributed by atoms with Crippen LogP contribution in [-0.4, -0.2) is 39.0 Å². The quantitative estimate of drug-likeness (QED) is 0.714. The fraction of sp³-hybridized carbons (Fsp3) is 0.105. The van der Waals surface area contributed by atoms with Gasteiger partial charge in [-0.3, -0.25) is 14.5 Å². The fourth-order valence-corrected chi connectivity index (χ4v) is 4.02. The number of aliphatic carboxylic acids is 1. The third-order valence-electron chi connectivity index (χ3n) is 4.28. The molecule has 29 heavy (non-hydrogen) atoms. The molecule has 146 valence electrons. The number of thioether (sulfide) groups is 1. The summed E-state index contributed by atoms with van der Waals surface area (Å²) in [5, 5.41) is 30.5. The van der Waals surface area contributed by atoms with Gasteiger partial charge in [-0.05, 0) is 30.3 Å². The third-order valence-corrected chi connectivity index (χ3v) is 5.40. The van der Waals surface area contributed by atoms with Crippen LogP contribution >= 0.6 is 11.8 Å². The highest BCUT2D eigenvalue weighted by Crippen LogP contribution is 2.34. The van der Waals surface area contributed by atoms with E-state index in [2.05, 4.69) is 15.5 Å². The van der Waals surface area contributed by atoms with E-state index >= 15 is 0 Å². The largest absolute Gasteiger partial charge is 0.550 e. The average molecular weight is 409 g/mol. The zero-order valence-corrected chi connectivity index (χ0v) is 15.5. The molecule has 0 spiro atoms. The van der Waals surface area contributed by atoms with Gasteiger partial charge in [-0.1, -0.05) is 30.0 Å². The van der Waals surface area contributed by atoms with E-state index in [1.807, 2.05) is 0 Å². The summed E-state index contributed by atoms with van der Waals surface area (Å²) >= 11 is 0.924. The Morgan fingerprint density at radius 3 is 2.59 bits per heavy atom. The number of amidine groups is 1. The minimum Gasteiger partial charge on any atom is -0.550 e. The molecule has 10 heteroatoms. The molecule has 1 atom stereocenters. The Balaban J connectivity index is 1.73. The summed E-state index contributed by atoms with van der Waals surface area (Å²) in [6.07, 6.45) is -0.489. The molecule has 2 amide bonds. The van der Waals surface area contributed by atoms with E-state index < -0.39 is 29.5 Å². The lowest BCUT2D eigenvalue weighted by Gasteiger charge is -2.16. The Bertz CT molecular complexity index is 1080. The van der Waals surface area contributed by atoms with Crippen molar-refractivity contribution in [1.82, 2.24) is 0 Å². The van der Waals surface area contributed by atoms with Crippen molar-refractivity contribution in [2.75, 3.05) is 10.2 Å². The van der Waals surface area contributed by atoms with Gasteiger partial charge >= 0.3 is 0 Å². The molecule has 0 bridgehead atoms. The summed E-state index contributed by atoms with van der Waals surface area (Å²) in [7, 11) is 0. The smallest absolute Gasteiger partial charge is 0.276 e. The first kappa shape index (κ1) is 18.7. The molecule has 1 saturated heterocycles. The van der Waals surface area contributed by atoms with Crippen LogP contribution in [-0.2, 0) is 14.4 Å². The number of carbonyl (C=O) groups excluding carboxylic acids is 3. The highest BCUT2D eigenvalue weighted by atomic mass is 32.2. The Labute approximate surface area is 168 Å². The Morgan fingerprint density at radius 2 is 1.86 bits per heavy atom. The van der Waals surface area contributed by atoms with Crippen LogP contribution in [0.15, 0.2) is 58.7 Å². The maximum Gasteiger partial charge on any atom is 0.276 e. The number of nitrogens with one attached hydrogen (secondary N) is 1. The number of carbonyl (C=O) groups is 3. The van der Waals surface area contributed by atoms with E-state index in [0.29, 0.717) is 16.9 Å². The summed E-state index contributed by atoms with van der Waals surface area (Å²) in [6.45, 7) is 0. The van der Waals surface area contributed by atoms with Gasteiger partial charge in [0.2, 0.25) is 5.91 Å². The van der Waals surface area contributed by atoms with E-state index in [0.717, 1.165) is 11.8 Å². The van der Waals surface area contributed by atoms with Crippen molar-refractivity contribution in [3.05, 3.63) is 54.1 Å². The van der Waals surface area contributed by atoms with Crippen LogP contribution in [0.3, 0.4) is 0 Å². The molecule has 0 unspecified atom stereocenters. The summed E-state index contributed by atoms with van der Waals surface area (Å²) in [5.74, 6) is -2.28. The van der Waals surface area contributed by atoms with Crippen LogP contribution in [0.25, 0.3) is 0 Å². The van der Waals surface area contributed by atoms with Crippen LogP contribution in [0.4, 0.5) is 11.4 Å². The minimum atomic E-state index is -1.36. The molecule has 0 saturated carbocycles. The maximum atomic E-state index is 12.7. The number of anilines is 2. The zero-order chi connectivity index (χ0) is 20.5. The van der Waals surface area contributed by atoms with Crippen molar-refractivity contribution in [1.29, 1.82) is 0 Å². The molecule has 0 aromatic heterocycles. The topological polar surface area (TPSA) is 134 Å². The van der Waals surface area contributed by atoms with E-state index in [-0.39, 0.29) is 16.6 Å². The van der Waals surface area contributed by atoms with Crippen LogP contribution in [0.5, 0.6) is 5.75 Å². The Kier molecular flexibility index (Phi) is 4.77. The molecule has 2 aromatic carbocycles. The zero-order valence-electron chi connectivity index (χ0n) is 14.7. The molecule has 0 aliphatic carbocycles. The molecule has 0 radical (unpaired) electrons. The number of phenolic OH excluding ortho intramolecular Hbond substituents is 1. The number of nitrogens with zero attached hydrogens (tertiary/aromatic N) is 3. The first-order chi connectivity index (χ1) is 13.9. The highest BCUT2D eigenvalue weighted by molar-refractivity contribution is 8.16. The maximum absolute atomic E-state index is 12.7. The normalized spacial score (nSPS) is 21.0. The second kappa shape index (κ2) is 7.40. The van der Waals surface area contributed by atoms with Crippen LogP contribution in [0, 0.1) is 0 Å². The lowest BCUT2D eigenvalue weighted by molar-refractivity contribution is -0.305. The van der Waals surface area contributed by atoms with E-state index in [9.17, 15) is 24.6 Å². The lowest BCUT2D eigenvalue weighted by atomic mass is 10.1. The third kappa shape index (κ3) is 3.57. The Morgan fingerprint density at radius 1 is 1.14 bits per heavy atom. The van der Waals surface area contributed by atoms with E-state index in [1.54, 1.807) is 24.3 Å². The number of aromatic hydroxyl groups is 1. The number of rotatable bonds is 4. The van der Waals surface area contributed by atoms with Gasteiger partial charge in [0.1, 0.15) is 5.75 Å². The molecule has 2 aliphatic heterocycles. The molecule has 9 nitrogen and oxygen atoms in total. The number of para-hydroxylation sites is 1. The number of amides is 2. The minimum absolute atomic E-state index is 0.0114. The number of phenols is 1. The van der Waals surface area contributed by atoms with Gasteiger partial charge < -0.3 is 20.3 Å². The average Bonchev–Trinajstić information content (AvgIpc) is 3.16. The number of carboxylic acids is 1. The highest BCUT2D eigenvalue weighted by Gasteiger charge is 2.39. The number of benzene rings is 2. The monoisotopic (exact) mass is 409 g/mol. The summed E-state index contributed by atoms with van der Waals surface area (Å²) in [4.78, 5) is 37.1. The van der Waals surface area contributed by atoms with Crippen molar-refractivity contribution >= 4 is 51.8 Å². The standard InChI is InChI=1S/C19H14N4O5S/c24-11-7-5-10(6-8-11)23-18(28)14(9-15(25)26)29-19(23)22-21-16-12-3-1-2-4-13(12)20-17(16)27/h1-8,14,24H,9H2,(H,25,26)(H,20,21,27)/p-1/b22-19-/t14-/m0/s1. The first-order valence-corrected chi connectivity index (χ1v) is 9.38. The molecular weight excluding hydrogens is 396 g/mol. The molecule has 2 aromatic rings. The molecule has 2 heterocycles. The predicted octanol–water partition coefficient (Wildman–Crippen LogP) is 0.693. The number of hydrogen-bond donors (Lipinski definition) is 2. The van der Waals surface area contributed by atoms with Gasteiger partial charge in [-0.2, -0.15) is 0 Å². The van der Waals surface area contributed by atoms with Crippen LogP contribution in [0.1, 0.15) is 12.0 Å². The summed E-state index contributed by atoms with van der Waals surface area (Å²) in [6, 6.07) is 12.8. The predicted molar refractivity (Wildman–Crippen MR) is 106 cm³/mol.